The maximum absolute atomic E-state index is 12.3. The second-order valence-corrected chi connectivity index (χ2v) is 6.72. The normalized spacial score (nSPS) is 10.6. The van der Waals surface area contributed by atoms with Gasteiger partial charge in [0, 0.05) is 23.7 Å². The second-order valence-electron chi connectivity index (χ2n) is 5.34. The minimum absolute atomic E-state index is 0.0119. The van der Waals surface area contributed by atoms with Crippen LogP contribution in [0.15, 0.2) is 41.6 Å². The summed E-state index contributed by atoms with van der Waals surface area (Å²) in [5.41, 5.74) is 1.72. The first-order valence-electron chi connectivity index (χ1n) is 7.43. The van der Waals surface area contributed by atoms with Crippen LogP contribution in [0.4, 0.5) is 0 Å². The summed E-state index contributed by atoms with van der Waals surface area (Å²) in [5.74, 6) is 6.81. The number of likely N-dealkylation sites (N-methyl/N-ethyl adjacent to an activating group) is 1. The number of aromatic nitrogens is 3. The predicted molar refractivity (Wildman–Crippen MR) is 98.4 cm³/mol. The number of hydrogen-bond donors (Lipinski definition) is 1. The largest absolute Gasteiger partial charge is 0.338 e. The molecule has 0 saturated heterocycles. The Kier molecular flexibility index (Phi) is 6.28. The van der Waals surface area contributed by atoms with Gasteiger partial charge in [-0.1, -0.05) is 47.6 Å². The maximum Gasteiger partial charge on any atom is 0.233 e. The molecule has 1 amide bonds. The quantitative estimate of drug-likeness (QED) is 0.464. The minimum Gasteiger partial charge on any atom is -0.338 e. The number of rotatable bonds is 7. The summed E-state index contributed by atoms with van der Waals surface area (Å²) >= 11 is 7.24. The molecule has 6 nitrogen and oxygen atoms in total. The van der Waals surface area contributed by atoms with Gasteiger partial charge in [-0.25, -0.2) is 4.68 Å². The standard InChI is InChI=1S/C16H20ClN5OS/c1-4-21(9-11(2)3)14(23)10-24-16-20-19-15(22(16)18)12-6-5-7-13(17)8-12/h5-8H,2,4,9-10,18H2,1,3H3. The molecule has 0 aliphatic carbocycles. The first-order valence-corrected chi connectivity index (χ1v) is 8.80. The third-order valence-electron chi connectivity index (χ3n) is 3.27. The average molecular weight is 366 g/mol. The average Bonchev–Trinajstić information content (AvgIpc) is 2.91. The van der Waals surface area contributed by atoms with Crippen molar-refractivity contribution >= 4 is 29.3 Å². The second kappa shape index (κ2) is 8.21. The Morgan fingerprint density at radius 3 is 2.83 bits per heavy atom. The van der Waals surface area contributed by atoms with Crippen LogP contribution in [0.25, 0.3) is 11.4 Å². The van der Waals surface area contributed by atoms with Gasteiger partial charge in [-0.3, -0.25) is 4.79 Å². The molecule has 24 heavy (non-hydrogen) atoms. The van der Waals surface area contributed by atoms with E-state index in [4.69, 9.17) is 17.4 Å². The first-order chi connectivity index (χ1) is 11.4. The van der Waals surface area contributed by atoms with Gasteiger partial charge in [0.05, 0.1) is 5.75 Å². The number of nitrogens with two attached hydrogens (primary N) is 1. The Morgan fingerprint density at radius 1 is 1.46 bits per heavy atom. The Bertz CT molecular complexity index is 746. The lowest BCUT2D eigenvalue weighted by Gasteiger charge is -2.20. The highest BCUT2D eigenvalue weighted by atomic mass is 35.5. The third kappa shape index (κ3) is 4.52. The summed E-state index contributed by atoms with van der Waals surface area (Å²) in [5, 5.41) is 9.22. The van der Waals surface area contributed by atoms with Gasteiger partial charge in [0.25, 0.3) is 0 Å². The number of thioether (sulfide) groups is 1. The molecule has 2 rings (SSSR count). The minimum atomic E-state index is 0.0119. The van der Waals surface area contributed by atoms with Crippen LogP contribution in [0.2, 0.25) is 5.02 Å². The number of nitrogens with zero attached hydrogens (tertiary/aromatic N) is 4. The molecular formula is C16H20ClN5OS. The van der Waals surface area contributed by atoms with Crippen LogP contribution in [0, 0.1) is 0 Å². The molecule has 0 saturated carbocycles. The first kappa shape index (κ1) is 18.4. The van der Waals surface area contributed by atoms with Gasteiger partial charge in [0.1, 0.15) is 0 Å². The fraction of sp³-hybridized carbons (Fsp3) is 0.312. The SMILES string of the molecule is C=C(C)CN(CC)C(=O)CSc1nnc(-c2cccc(Cl)c2)n1N. The highest BCUT2D eigenvalue weighted by Gasteiger charge is 2.16. The summed E-state index contributed by atoms with van der Waals surface area (Å²) in [6, 6.07) is 7.21. The number of nitrogen functional groups attached to an aromatic ring is 1. The van der Waals surface area contributed by atoms with E-state index in [2.05, 4.69) is 16.8 Å². The number of amides is 1. The molecule has 1 aromatic carbocycles. The summed E-state index contributed by atoms with van der Waals surface area (Å²) in [6.07, 6.45) is 0. The molecule has 0 fully saturated rings. The Hall–Kier alpha value is -1.99. The van der Waals surface area contributed by atoms with E-state index in [-0.39, 0.29) is 11.7 Å². The molecule has 2 aromatic rings. The number of hydrogen-bond acceptors (Lipinski definition) is 5. The number of carbonyl (C=O) groups excluding carboxylic acids is 1. The summed E-state index contributed by atoms with van der Waals surface area (Å²) in [4.78, 5) is 14.0. The molecule has 1 aromatic heterocycles. The van der Waals surface area contributed by atoms with E-state index in [1.165, 1.54) is 16.4 Å². The number of halogens is 1. The van der Waals surface area contributed by atoms with Crippen LogP contribution < -0.4 is 5.84 Å². The lowest BCUT2D eigenvalue weighted by molar-refractivity contribution is -0.127. The number of benzene rings is 1. The van der Waals surface area contributed by atoms with Crippen LogP contribution in [-0.4, -0.2) is 44.5 Å². The lowest BCUT2D eigenvalue weighted by Crippen LogP contribution is -2.33. The Labute approximate surface area is 150 Å². The van der Waals surface area contributed by atoms with Crippen molar-refractivity contribution in [3.8, 4) is 11.4 Å². The van der Waals surface area contributed by atoms with Crippen molar-refractivity contribution < 1.29 is 4.79 Å². The van der Waals surface area contributed by atoms with Crippen molar-refractivity contribution in [2.45, 2.75) is 19.0 Å². The summed E-state index contributed by atoms with van der Waals surface area (Å²) < 4.78 is 1.37. The van der Waals surface area contributed by atoms with E-state index in [9.17, 15) is 4.79 Å². The van der Waals surface area contributed by atoms with Crippen molar-refractivity contribution in [1.29, 1.82) is 0 Å². The van der Waals surface area contributed by atoms with Crippen molar-refractivity contribution in [3.63, 3.8) is 0 Å². The van der Waals surface area contributed by atoms with E-state index in [0.29, 0.717) is 29.1 Å². The topological polar surface area (TPSA) is 77.0 Å². The molecule has 2 N–H and O–H groups in total. The number of carbonyl (C=O) groups is 1. The van der Waals surface area contributed by atoms with Crippen LogP contribution >= 0.6 is 23.4 Å². The molecule has 0 aliphatic rings. The van der Waals surface area contributed by atoms with E-state index < -0.39 is 0 Å². The predicted octanol–water partition coefficient (Wildman–Crippen LogP) is 2.83. The molecule has 8 heteroatoms. The highest BCUT2D eigenvalue weighted by molar-refractivity contribution is 7.99. The molecule has 0 aliphatic heterocycles. The maximum atomic E-state index is 12.3. The summed E-state index contributed by atoms with van der Waals surface area (Å²) in [6.45, 7) is 8.87. The molecule has 1 heterocycles. The van der Waals surface area contributed by atoms with E-state index >= 15 is 0 Å². The fourth-order valence-electron chi connectivity index (χ4n) is 2.12. The van der Waals surface area contributed by atoms with Gasteiger partial charge in [0.15, 0.2) is 5.82 Å². The molecular weight excluding hydrogens is 346 g/mol. The van der Waals surface area contributed by atoms with Crippen molar-refractivity contribution in [2.24, 2.45) is 0 Å². The highest BCUT2D eigenvalue weighted by Crippen LogP contribution is 2.24. The molecule has 0 atom stereocenters. The van der Waals surface area contributed by atoms with Crippen molar-refractivity contribution in [2.75, 3.05) is 24.7 Å². The van der Waals surface area contributed by atoms with Gasteiger partial charge in [-0.2, -0.15) is 0 Å². The van der Waals surface area contributed by atoms with Gasteiger partial charge in [0.2, 0.25) is 11.1 Å². The molecule has 0 spiro atoms. The van der Waals surface area contributed by atoms with Crippen LogP contribution in [0.1, 0.15) is 13.8 Å². The van der Waals surface area contributed by atoms with Gasteiger partial charge < -0.3 is 10.7 Å². The molecule has 0 unspecified atom stereocenters. The van der Waals surface area contributed by atoms with E-state index in [0.717, 1.165) is 11.1 Å². The molecule has 0 radical (unpaired) electrons. The van der Waals surface area contributed by atoms with Crippen LogP contribution in [0.5, 0.6) is 0 Å². The van der Waals surface area contributed by atoms with Gasteiger partial charge in [-0.05, 0) is 26.0 Å². The van der Waals surface area contributed by atoms with Gasteiger partial charge in [-0.15, -0.1) is 10.2 Å². The Balaban J connectivity index is 2.06. The van der Waals surface area contributed by atoms with Crippen LogP contribution in [0.3, 0.4) is 0 Å². The summed E-state index contributed by atoms with van der Waals surface area (Å²) in [7, 11) is 0. The molecule has 128 valence electrons. The van der Waals surface area contributed by atoms with Gasteiger partial charge >= 0.3 is 0 Å². The monoisotopic (exact) mass is 365 g/mol. The van der Waals surface area contributed by atoms with E-state index in [1.807, 2.05) is 26.0 Å². The van der Waals surface area contributed by atoms with Crippen molar-refractivity contribution in [1.82, 2.24) is 19.8 Å². The third-order valence-corrected chi connectivity index (χ3v) is 4.43. The smallest absolute Gasteiger partial charge is 0.233 e. The van der Waals surface area contributed by atoms with Crippen LogP contribution in [-0.2, 0) is 4.79 Å². The Morgan fingerprint density at radius 2 is 2.21 bits per heavy atom. The lowest BCUT2D eigenvalue weighted by atomic mass is 10.2. The zero-order valence-electron chi connectivity index (χ0n) is 13.7. The van der Waals surface area contributed by atoms with Crippen molar-refractivity contribution in [3.05, 3.63) is 41.4 Å². The van der Waals surface area contributed by atoms with E-state index in [1.54, 1.807) is 17.0 Å². The fourth-order valence-corrected chi connectivity index (χ4v) is 3.07. The zero-order valence-corrected chi connectivity index (χ0v) is 15.3. The molecule has 0 bridgehead atoms. The zero-order chi connectivity index (χ0) is 17.7.